The van der Waals surface area contributed by atoms with Crippen LogP contribution in [0, 0.1) is 12.9 Å². The van der Waals surface area contributed by atoms with E-state index in [1.54, 1.807) is 7.05 Å². The lowest BCUT2D eigenvalue weighted by molar-refractivity contribution is 0.0374. The van der Waals surface area contributed by atoms with Crippen molar-refractivity contribution in [1.29, 1.82) is 0 Å². The predicted octanol–water partition coefficient (Wildman–Crippen LogP) is 1.10. The molecule has 0 aromatic carbocycles. The van der Waals surface area contributed by atoms with Gasteiger partial charge < -0.3 is 10.1 Å². The van der Waals surface area contributed by atoms with Gasteiger partial charge in [0.15, 0.2) is 0 Å². The summed E-state index contributed by atoms with van der Waals surface area (Å²) in [7, 11) is 1.63. The lowest BCUT2D eigenvalue weighted by Crippen LogP contribution is -2.37. The molecule has 0 amide bonds. The van der Waals surface area contributed by atoms with Crippen LogP contribution in [0.2, 0.25) is 0 Å². The molecule has 0 atom stereocenters. The molecule has 1 aromatic rings. The molecule has 2 rings (SSSR count). The van der Waals surface area contributed by atoms with Crippen LogP contribution in [0.4, 0.5) is 4.39 Å². The maximum absolute atomic E-state index is 13.7. The van der Waals surface area contributed by atoms with Crippen LogP contribution in [-0.2, 0) is 18.3 Å². The molecular weight excluding hydrogens is 283 g/mol. The summed E-state index contributed by atoms with van der Waals surface area (Å²) in [5, 5.41) is 7.35. The van der Waals surface area contributed by atoms with E-state index >= 15 is 0 Å². The van der Waals surface area contributed by atoms with Gasteiger partial charge in [0, 0.05) is 32.2 Å². The summed E-state index contributed by atoms with van der Waals surface area (Å²) in [6, 6.07) is 0. The fourth-order valence-electron chi connectivity index (χ4n) is 2.34. The summed E-state index contributed by atoms with van der Waals surface area (Å²) >= 11 is 0. The monoisotopic (exact) mass is 306 g/mol. The van der Waals surface area contributed by atoms with Gasteiger partial charge in [0.05, 0.1) is 18.9 Å². The first kappa shape index (κ1) is 17.4. The number of halogens is 2. The first-order valence-electron chi connectivity index (χ1n) is 6.87. The fraction of sp³-hybridized carbons (Fsp3) is 0.769. The van der Waals surface area contributed by atoms with Crippen molar-refractivity contribution in [3.8, 4) is 0 Å². The summed E-state index contributed by atoms with van der Waals surface area (Å²) in [4.78, 5) is 2.40. The Morgan fingerprint density at radius 1 is 1.35 bits per heavy atom. The highest BCUT2D eigenvalue weighted by molar-refractivity contribution is 5.85. The summed E-state index contributed by atoms with van der Waals surface area (Å²) in [5.41, 5.74) is 1.44. The van der Waals surface area contributed by atoms with E-state index in [-0.39, 0.29) is 18.4 Å². The van der Waals surface area contributed by atoms with E-state index in [1.807, 2.05) is 6.92 Å². The highest BCUT2D eigenvalue weighted by Crippen LogP contribution is 2.10. The smallest absolute Gasteiger partial charge is 0.215 e. The molecule has 1 fully saturated rings. The minimum Gasteiger partial charge on any atom is -0.379 e. The van der Waals surface area contributed by atoms with Gasteiger partial charge in [0.1, 0.15) is 0 Å². The standard InChI is InChI=1S/C13H23FN4O.ClH/c1-11-12(13(14)17(2)16-11)10-15-4-3-5-18-6-8-19-9-7-18;/h15H,3-10H2,1-2H3;1H. The molecular formula is C13H24ClFN4O. The SMILES string of the molecule is Cc1nn(C)c(F)c1CNCCCN1CCOCC1.Cl. The highest BCUT2D eigenvalue weighted by Gasteiger charge is 2.12. The van der Waals surface area contributed by atoms with E-state index in [2.05, 4.69) is 15.3 Å². The quantitative estimate of drug-likeness (QED) is 0.799. The number of hydrogen-bond donors (Lipinski definition) is 1. The number of nitrogens with zero attached hydrogens (tertiary/aromatic N) is 3. The second-order valence-corrected chi connectivity index (χ2v) is 4.96. The zero-order valence-corrected chi connectivity index (χ0v) is 13.0. The molecule has 1 N–H and O–H groups in total. The molecule has 0 spiro atoms. The van der Waals surface area contributed by atoms with E-state index in [0.29, 0.717) is 12.1 Å². The third-order valence-corrected chi connectivity index (χ3v) is 3.50. The van der Waals surface area contributed by atoms with E-state index in [9.17, 15) is 4.39 Å². The van der Waals surface area contributed by atoms with Crippen LogP contribution < -0.4 is 5.32 Å². The van der Waals surface area contributed by atoms with Gasteiger partial charge in [-0.1, -0.05) is 0 Å². The van der Waals surface area contributed by atoms with E-state index in [0.717, 1.165) is 51.5 Å². The van der Waals surface area contributed by atoms with Crippen molar-refractivity contribution in [1.82, 2.24) is 20.0 Å². The second-order valence-electron chi connectivity index (χ2n) is 4.96. The molecule has 1 aromatic heterocycles. The second kappa shape index (κ2) is 8.56. The van der Waals surface area contributed by atoms with Gasteiger partial charge in [-0.05, 0) is 26.4 Å². The highest BCUT2D eigenvalue weighted by atomic mass is 35.5. The summed E-state index contributed by atoms with van der Waals surface area (Å²) in [5.74, 6) is -0.238. The minimum absolute atomic E-state index is 0. The van der Waals surface area contributed by atoms with Gasteiger partial charge in [0.2, 0.25) is 5.95 Å². The molecule has 20 heavy (non-hydrogen) atoms. The van der Waals surface area contributed by atoms with Gasteiger partial charge in [-0.2, -0.15) is 9.49 Å². The Morgan fingerprint density at radius 2 is 2.05 bits per heavy atom. The molecule has 0 radical (unpaired) electrons. The lowest BCUT2D eigenvalue weighted by atomic mass is 10.2. The topological polar surface area (TPSA) is 42.3 Å². The largest absolute Gasteiger partial charge is 0.379 e. The molecule has 1 aliphatic rings. The molecule has 1 saturated heterocycles. The third-order valence-electron chi connectivity index (χ3n) is 3.50. The molecule has 0 aliphatic carbocycles. The van der Waals surface area contributed by atoms with Crippen molar-refractivity contribution < 1.29 is 9.13 Å². The Morgan fingerprint density at radius 3 is 2.65 bits per heavy atom. The number of rotatable bonds is 6. The number of nitrogens with one attached hydrogen (secondary N) is 1. The summed E-state index contributed by atoms with van der Waals surface area (Å²) in [6.45, 7) is 8.09. The van der Waals surface area contributed by atoms with Crippen molar-refractivity contribution in [2.24, 2.45) is 7.05 Å². The van der Waals surface area contributed by atoms with Crippen molar-refractivity contribution in [3.63, 3.8) is 0 Å². The predicted molar refractivity (Wildman–Crippen MR) is 78.7 cm³/mol. The van der Waals surface area contributed by atoms with Crippen LogP contribution in [0.5, 0.6) is 0 Å². The minimum atomic E-state index is -0.238. The number of aromatic nitrogens is 2. The van der Waals surface area contributed by atoms with E-state index in [1.165, 1.54) is 4.68 Å². The van der Waals surface area contributed by atoms with Crippen molar-refractivity contribution >= 4 is 12.4 Å². The van der Waals surface area contributed by atoms with Gasteiger partial charge in [-0.25, -0.2) is 4.68 Å². The van der Waals surface area contributed by atoms with Crippen molar-refractivity contribution in [3.05, 3.63) is 17.2 Å². The molecule has 5 nitrogen and oxygen atoms in total. The molecule has 116 valence electrons. The third kappa shape index (κ3) is 4.70. The van der Waals surface area contributed by atoms with Gasteiger partial charge in [-0.15, -0.1) is 12.4 Å². The van der Waals surface area contributed by atoms with Crippen LogP contribution in [-0.4, -0.2) is 54.1 Å². The average molecular weight is 307 g/mol. The normalized spacial score (nSPS) is 16.1. The van der Waals surface area contributed by atoms with Crippen LogP contribution >= 0.6 is 12.4 Å². The Labute approximate surface area is 125 Å². The van der Waals surface area contributed by atoms with Crippen molar-refractivity contribution in [2.45, 2.75) is 19.9 Å². The van der Waals surface area contributed by atoms with Gasteiger partial charge >= 0.3 is 0 Å². The van der Waals surface area contributed by atoms with Crippen LogP contribution in [0.15, 0.2) is 0 Å². The summed E-state index contributed by atoms with van der Waals surface area (Å²) < 4.78 is 20.3. The molecule has 1 aliphatic heterocycles. The van der Waals surface area contributed by atoms with Crippen LogP contribution in [0.25, 0.3) is 0 Å². The van der Waals surface area contributed by atoms with Crippen LogP contribution in [0.1, 0.15) is 17.7 Å². The number of ether oxygens (including phenoxy) is 1. The Kier molecular flexibility index (Phi) is 7.43. The molecule has 7 heteroatoms. The van der Waals surface area contributed by atoms with Gasteiger partial charge in [0.25, 0.3) is 0 Å². The number of hydrogen-bond acceptors (Lipinski definition) is 4. The molecule has 2 heterocycles. The molecule has 0 unspecified atom stereocenters. The molecule has 0 bridgehead atoms. The van der Waals surface area contributed by atoms with E-state index < -0.39 is 0 Å². The number of morpholine rings is 1. The maximum atomic E-state index is 13.7. The van der Waals surface area contributed by atoms with Crippen molar-refractivity contribution in [2.75, 3.05) is 39.4 Å². The first-order valence-corrected chi connectivity index (χ1v) is 6.87. The summed E-state index contributed by atoms with van der Waals surface area (Å²) in [6.07, 6.45) is 1.07. The van der Waals surface area contributed by atoms with Crippen LogP contribution in [0.3, 0.4) is 0 Å². The fourth-order valence-corrected chi connectivity index (χ4v) is 2.34. The van der Waals surface area contributed by atoms with E-state index in [4.69, 9.17) is 4.74 Å². The Balaban J connectivity index is 0.00000200. The zero-order valence-electron chi connectivity index (χ0n) is 12.2. The first-order chi connectivity index (χ1) is 9.18. The maximum Gasteiger partial charge on any atom is 0.215 e. The average Bonchev–Trinajstić information content (AvgIpc) is 2.65. The lowest BCUT2D eigenvalue weighted by Gasteiger charge is -2.26. The zero-order chi connectivity index (χ0) is 13.7. The van der Waals surface area contributed by atoms with Gasteiger partial charge in [-0.3, -0.25) is 4.90 Å². The Bertz CT molecular complexity index is 407. The Hall–Kier alpha value is -0.690. The number of aryl methyl sites for hydroxylation is 2. The molecule has 0 saturated carbocycles.